The Morgan fingerprint density at radius 2 is 2.38 bits per heavy atom. The third kappa shape index (κ3) is 3.52. The van der Waals surface area contributed by atoms with Crippen LogP contribution in [0.1, 0.15) is 13.3 Å². The third-order valence-electron chi connectivity index (χ3n) is 2.39. The van der Waals surface area contributed by atoms with Gasteiger partial charge in [-0.2, -0.15) is 0 Å². The molecule has 13 heavy (non-hydrogen) atoms. The molecule has 4 heteroatoms. The summed E-state index contributed by atoms with van der Waals surface area (Å²) in [4.78, 5) is 2.30. The molecule has 0 aromatic rings. The van der Waals surface area contributed by atoms with Crippen molar-refractivity contribution in [1.82, 2.24) is 4.90 Å². The Morgan fingerprint density at radius 3 is 3.00 bits per heavy atom. The summed E-state index contributed by atoms with van der Waals surface area (Å²) in [7, 11) is 0. The zero-order valence-corrected chi connectivity index (χ0v) is 9.59. The number of morpholine rings is 1. The van der Waals surface area contributed by atoms with Crippen LogP contribution in [0.15, 0.2) is 0 Å². The van der Waals surface area contributed by atoms with Gasteiger partial charge in [0.2, 0.25) is 0 Å². The molecule has 0 aromatic carbocycles. The summed E-state index contributed by atoms with van der Waals surface area (Å²) >= 11 is 3.40. The van der Waals surface area contributed by atoms with Crippen LogP contribution in [0.3, 0.4) is 0 Å². The van der Waals surface area contributed by atoms with Gasteiger partial charge in [-0.3, -0.25) is 9.29 Å². The summed E-state index contributed by atoms with van der Waals surface area (Å²) in [5.41, 5.74) is 0. The molecule has 0 amide bonds. The monoisotopic (exact) mass is 253 g/mol. The largest absolute Gasteiger partial charge is 0.374 e. The van der Waals surface area contributed by atoms with Gasteiger partial charge in [-0.15, -0.1) is 0 Å². The Bertz CT molecular complexity index is 148. The Kier molecular flexibility index (Phi) is 5.21. The predicted molar refractivity (Wildman–Crippen MR) is 55.2 cm³/mol. The fourth-order valence-electron chi connectivity index (χ4n) is 1.54. The molecule has 2 unspecified atom stereocenters. The zero-order valence-electron chi connectivity index (χ0n) is 8.01. The van der Waals surface area contributed by atoms with E-state index in [1.54, 1.807) is 0 Å². The maximum Gasteiger partial charge on any atom is 0.0906 e. The molecule has 1 aliphatic rings. The number of nitrogens with zero attached hydrogens (tertiary/aromatic N) is 1. The van der Waals surface area contributed by atoms with Crippen LogP contribution in [0.25, 0.3) is 0 Å². The molecule has 78 valence electrons. The molecule has 0 N–H and O–H groups in total. The summed E-state index contributed by atoms with van der Waals surface area (Å²) in [5, 5.41) is 0.867. The van der Waals surface area contributed by atoms with Gasteiger partial charge in [0.05, 0.1) is 19.4 Å². The van der Waals surface area contributed by atoms with Crippen LogP contribution in [0.4, 0.5) is 4.39 Å². The van der Waals surface area contributed by atoms with E-state index in [0.29, 0.717) is 12.5 Å². The molecule has 2 nitrogen and oxygen atoms in total. The molecule has 1 aliphatic heterocycles. The van der Waals surface area contributed by atoms with Gasteiger partial charge in [-0.05, 0) is 13.3 Å². The van der Waals surface area contributed by atoms with Crippen molar-refractivity contribution in [1.29, 1.82) is 0 Å². The van der Waals surface area contributed by atoms with E-state index in [0.717, 1.165) is 25.0 Å². The van der Waals surface area contributed by atoms with Gasteiger partial charge in [-0.25, -0.2) is 0 Å². The van der Waals surface area contributed by atoms with Gasteiger partial charge in [0.1, 0.15) is 0 Å². The minimum Gasteiger partial charge on any atom is -0.374 e. The Morgan fingerprint density at radius 1 is 1.62 bits per heavy atom. The van der Waals surface area contributed by atoms with Crippen LogP contribution >= 0.6 is 15.9 Å². The third-order valence-corrected chi connectivity index (χ3v) is 3.11. The molecule has 0 bridgehead atoms. The second-order valence-corrected chi connectivity index (χ2v) is 4.14. The van der Waals surface area contributed by atoms with Crippen LogP contribution in [-0.4, -0.2) is 48.7 Å². The van der Waals surface area contributed by atoms with Gasteiger partial charge in [-0.1, -0.05) is 15.9 Å². The molecule has 0 radical (unpaired) electrons. The van der Waals surface area contributed by atoms with Crippen molar-refractivity contribution in [3.05, 3.63) is 0 Å². The van der Waals surface area contributed by atoms with Gasteiger partial charge in [0.15, 0.2) is 0 Å². The lowest BCUT2D eigenvalue weighted by Gasteiger charge is -2.37. The first kappa shape index (κ1) is 11.4. The van der Waals surface area contributed by atoms with Crippen molar-refractivity contribution >= 4 is 15.9 Å². The van der Waals surface area contributed by atoms with Crippen LogP contribution < -0.4 is 0 Å². The van der Waals surface area contributed by atoms with E-state index in [9.17, 15) is 4.39 Å². The summed E-state index contributed by atoms with van der Waals surface area (Å²) < 4.78 is 17.6. The van der Waals surface area contributed by atoms with E-state index in [-0.39, 0.29) is 12.8 Å². The Hall–Kier alpha value is 0.330. The van der Waals surface area contributed by atoms with Crippen molar-refractivity contribution in [2.24, 2.45) is 0 Å². The lowest BCUT2D eigenvalue weighted by Crippen LogP contribution is -2.49. The van der Waals surface area contributed by atoms with Crippen molar-refractivity contribution in [3.8, 4) is 0 Å². The number of alkyl halides is 2. The highest BCUT2D eigenvalue weighted by molar-refractivity contribution is 9.09. The summed E-state index contributed by atoms with van der Waals surface area (Å²) in [6, 6.07) is 0.432. The molecular formula is C9H17BrFNO. The van der Waals surface area contributed by atoms with E-state index in [1.807, 2.05) is 0 Å². The maximum atomic E-state index is 12.0. The fourth-order valence-corrected chi connectivity index (χ4v) is 1.93. The van der Waals surface area contributed by atoms with Crippen molar-refractivity contribution < 1.29 is 9.13 Å². The van der Waals surface area contributed by atoms with Crippen LogP contribution in [0.5, 0.6) is 0 Å². The molecule has 2 atom stereocenters. The highest BCUT2D eigenvalue weighted by Gasteiger charge is 2.24. The number of halogens is 2. The second kappa shape index (κ2) is 5.94. The molecule has 1 heterocycles. The summed E-state index contributed by atoms with van der Waals surface area (Å²) in [6.45, 7) is 4.45. The highest BCUT2D eigenvalue weighted by atomic mass is 79.9. The smallest absolute Gasteiger partial charge is 0.0906 e. The van der Waals surface area contributed by atoms with E-state index in [2.05, 4.69) is 27.8 Å². The lowest BCUT2D eigenvalue weighted by atomic mass is 10.2. The first-order valence-corrected chi connectivity index (χ1v) is 5.87. The number of ether oxygens (including phenoxy) is 1. The van der Waals surface area contributed by atoms with Gasteiger partial charge in [0.25, 0.3) is 0 Å². The predicted octanol–water partition coefficient (Wildman–Crippen LogP) is 1.83. The SMILES string of the molecule is CC1COC(CBr)CN1CCCF. The van der Waals surface area contributed by atoms with E-state index in [4.69, 9.17) is 4.74 Å². The molecule has 0 aromatic heterocycles. The first-order chi connectivity index (χ1) is 6.27. The number of hydrogen-bond acceptors (Lipinski definition) is 2. The minimum absolute atomic E-state index is 0.219. The normalized spacial score (nSPS) is 30.7. The molecule has 0 saturated carbocycles. The Balaban J connectivity index is 2.31. The summed E-state index contributed by atoms with van der Waals surface area (Å²) in [6.07, 6.45) is 0.912. The molecular weight excluding hydrogens is 237 g/mol. The highest BCUT2D eigenvalue weighted by Crippen LogP contribution is 2.13. The summed E-state index contributed by atoms with van der Waals surface area (Å²) in [5.74, 6) is 0. The average molecular weight is 254 g/mol. The van der Waals surface area contributed by atoms with Gasteiger partial charge < -0.3 is 4.74 Å². The molecule has 1 fully saturated rings. The zero-order chi connectivity index (χ0) is 9.68. The standard InChI is InChI=1S/C9H17BrFNO/c1-8-7-13-9(5-10)6-12(8)4-2-3-11/h8-9H,2-7H2,1H3. The average Bonchev–Trinajstić information content (AvgIpc) is 2.17. The number of rotatable bonds is 4. The molecule has 0 spiro atoms. The van der Waals surface area contributed by atoms with Crippen LogP contribution in [0, 0.1) is 0 Å². The van der Waals surface area contributed by atoms with Crippen LogP contribution in [-0.2, 0) is 4.74 Å². The van der Waals surface area contributed by atoms with E-state index >= 15 is 0 Å². The quantitative estimate of drug-likeness (QED) is 0.710. The first-order valence-electron chi connectivity index (χ1n) is 4.75. The molecule has 1 rings (SSSR count). The molecule has 0 aliphatic carbocycles. The fraction of sp³-hybridized carbons (Fsp3) is 1.00. The maximum absolute atomic E-state index is 12.0. The van der Waals surface area contributed by atoms with Crippen molar-refractivity contribution in [2.45, 2.75) is 25.5 Å². The topological polar surface area (TPSA) is 12.5 Å². The number of hydrogen-bond donors (Lipinski definition) is 0. The molecule has 1 saturated heterocycles. The van der Waals surface area contributed by atoms with Crippen LogP contribution in [0.2, 0.25) is 0 Å². The van der Waals surface area contributed by atoms with E-state index in [1.165, 1.54) is 0 Å². The second-order valence-electron chi connectivity index (χ2n) is 3.50. The lowest BCUT2D eigenvalue weighted by molar-refractivity contribution is -0.0471. The van der Waals surface area contributed by atoms with Gasteiger partial charge >= 0.3 is 0 Å². The van der Waals surface area contributed by atoms with Crippen molar-refractivity contribution in [3.63, 3.8) is 0 Å². The van der Waals surface area contributed by atoms with Gasteiger partial charge in [0, 0.05) is 24.5 Å². The minimum atomic E-state index is -0.219. The van der Waals surface area contributed by atoms with Crippen molar-refractivity contribution in [2.75, 3.05) is 31.7 Å². The van der Waals surface area contributed by atoms with E-state index < -0.39 is 0 Å². The Labute approximate surface area is 87.6 Å².